The number of hydrogen-bond donors (Lipinski definition) is 4. The van der Waals surface area contributed by atoms with Crippen LogP contribution in [0.4, 0.5) is 21.8 Å². The van der Waals surface area contributed by atoms with Gasteiger partial charge in [0.15, 0.2) is 0 Å². The molecule has 0 aromatic heterocycles. The van der Waals surface area contributed by atoms with E-state index in [2.05, 4.69) is 10.6 Å². The summed E-state index contributed by atoms with van der Waals surface area (Å²) >= 11 is 0. The molecule has 0 fully saturated rings. The van der Waals surface area contributed by atoms with Crippen LogP contribution in [0.15, 0.2) is 72.8 Å². The number of carboxylic acids is 1. The molecule has 0 heterocycles. The molecule has 0 bridgehead atoms. The quantitative estimate of drug-likeness (QED) is 0.398. The Morgan fingerprint density at radius 2 is 1.03 bits per heavy atom. The van der Waals surface area contributed by atoms with E-state index in [1.807, 2.05) is 62.4 Å². The fourth-order valence-corrected chi connectivity index (χ4v) is 2.31. The Balaban J connectivity index is 0. The second-order valence-corrected chi connectivity index (χ2v) is 7.02. The molecule has 3 aromatic carbocycles. The van der Waals surface area contributed by atoms with Crippen molar-refractivity contribution < 1.29 is 25.6 Å². The molecule has 3 aromatic rings. The van der Waals surface area contributed by atoms with Crippen molar-refractivity contribution in [1.29, 1.82) is 0 Å². The van der Waals surface area contributed by atoms with Crippen molar-refractivity contribution >= 4 is 34.8 Å². The van der Waals surface area contributed by atoms with E-state index >= 15 is 0 Å². The van der Waals surface area contributed by atoms with Gasteiger partial charge in [-0.15, -0.1) is 0 Å². The second kappa shape index (κ2) is 14.7. The largest absolute Gasteiger partial charge is 0.478 e. The lowest BCUT2D eigenvalue weighted by Gasteiger charge is -2.01. The van der Waals surface area contributed by atoms with E-state index in [-0.39, 0.29) is 23.5 Å². The maximum Gasteiger partial charge on any atom is 0.335 e. The third kappa shape index (κ3) is 13.0. The molecule has 0 radical (unpaired) electrons. The summed E-state index contributed by atoms with van der Waals surface area (Å²) in [6.07, 6.45) is 0. The lowest BCUT2D eigenvalue weighted by atomic mass is 10.2. The summed E-state index contributed by atoms with van der Waals surface area (Å²) in [6.45, 7) is 6.95. The average Bonchev–Trinajstić information content (AvgIpc) is 2.72. The normalized spacial score (nSPS) is 8.97. The minimum absolute atomic E-state index is 0. The molecular formula is C25H32FN3O4. The number of carbonyl (C=O) groups is 3. The first-order valence-electron chi connectivity index (χ1n) is 9.84. The predicted molar refractivity (Wildman–Crippen MR) is 133 cm³/mol. The van der Waals surface area contributed by atoms with E-state index in [0.717, 1.165) is 11.4 Å². The summed E-state index contributed by atoms with van der Waals surface area (Å²) in [5, 5.41) is 13.8. The first-order valence-corrected chi connectivity index (χ1v) is 9.84. The van der Waals surface area contributed by atoms with E-state index in [1.54, 1.807) is 12.1 Å². The fraction of sp³-hybridized carbons (Fsp3) is 0.160. The lowest BCUT2D eigenvalue weighted by Crippen LogP contribution is -2.05. The standard InChI is InChI=1S/C9H9NO3.C9H11NO.C7H9N.FH.H2/c1-6(11)10-8-4-2-7(3-5-8)9(12)13;1-7-3-5-9(6-4-7)10-8(2)11;1-6-2-4-7(8)5-3-6;;/h2-5H,1H3,(H,10,11)(H,12,13);3-6H,1-2H3,(H,10,11);2-5H,8H2,1H3;2*1H/i;;;;1+1. The summed E-state index contributed by atoms with van der Waals surface area (Å²) < 4.78 is 0. The zero-order chi connectivity index (χ0) is 24.1. The zero-order valence-corrected chi connectivity index (χ0v) is 19.1. The van der Waals surface area contributed by atoms with Gasteiger partial charge >= 0.3 is 5.97 Å². The molecule has 0 aliphatic carbocycles. The maximum absolute atomic E-state index is 10.6. The van der Waals surface area contributed by atoms with Crippen molar-refractivity contribution in [1.82, 2.24) is 0 Å². The summed E-state index contributed by atoms with van der Waals surface area (Å²) in [5.74, 6) is -1.19. The molecule has 178 valence electrons. The number of carboxylic acid groups (broad SMARTS) is 1. The van der Waals surface area contributed by atoms with Crippen molar-refractivity contribution in [3.05, 3.63) is 89.5 Å². The number of nitrogens with two attached hydrogens (primary N) is 1. The highest BCUT2D eigenvalue weighted by Gasteiger charge is 2.01. The molecule has 0 spiro atoms. The number of nitrogen functional groups attached to an aromatic ring is 1. The van der Waals surface area contributed by atoms with Crippen LogP contribution in [-0.4, -0.2) is 22.9 Å². The Hall–Kier alpha value is -4.20. The molecule has 0 aliphatic rings. The number of anilines is 3. The Labute approximate surface area is 194 Å². The Morgan fingerprint density at radius 3 is 1.33 bits per heavy atom. The number of halogens is 1. The van der Waals surface area contributed by atoms with E-state index in [1.165, 1.54) is 37.1 Å². The van der Waals surface area contributed by atoms with Crippen molar-refractivity contribution in [2.24, 2.45) is 0 Å². The molecule has 5 N–H and O–H groups in total. The molecule has 8 heteroatoms. The number of benzene rings is 3. The number of carbonyl (C=O) groups excluding carboxylic acids is 2. The van der Waals surface area contributed by atoms with Gasteiger partial charge in [-0.3, -0.25) is 14.3 Å². The number of hydrogen-bond acceptors (Lipinski definition) is 4. The third-order valence-corrected chi connectivity index (χ3v) is 3.90. The van der Waals surface area contributed by atoms with Gasteiger partial charge in [-0.1, -0.05) is 35.4 Å². The van der Waals surface area contributed by atoms with Crippen molar-refractivity contribution in [3.63, 3.8) is 0 Å². The van der Waals surface area contributed by atoms with Gasteiger partial charge in [0.1, 0.15) is 0 Å². The Bertz CT molecular complexity index is 1000. The van der Waals surface area contributed by atoms with Gasteiger partial charge in [0.05, 0.1) is 5.56 Å². The van der Waals surface area contributed by atoms with Gasteiger partial charge in [0, 0.05) is 32.3 Å². The van der Waals surface area contributed by atoms with Crippen LogP contribution in [0.25, 0.3) is 0 Å². The predicted octanol–water partition coefficient (Wildman–Crippen LogP) is 5.27. The number of amides is 2. The maximum atomic E-state index is 10.6. The second-order valence-electron chi connectivity index (χ2n) is 7.02. The van der Waals surface area contributed by atoms with Crippen molar-refractivity contribution in [3.8, 4) is 0 Å². The minimum Gasteiger partial charge on any atom is -0.478 e. The van der Waals surface area contributed by atoms with Gasteiger partial charge in [-0.25, -0.2) is 4.79 Å². The van der Waals surface area contributed by atoms with Crippen LogP contribution in [0.3, 0.4) is 0 Å². The monoisotopic (exact) mass is 458 g/mol. The topological polar surface area (TPSA) is 122 Å². The molecule has 0 saturated heterocycles. The Morgan fingerprint density at radius 1 is 0.697 bits per heavy atom. The molecule has 7 nitrogen and oxygen atoms in total. The average molecular weight is 459 g/mol. The van der Waals surface area contributed by atoms with Crippen LogP contribution in [0, 0.1) is 13.8 Å². The number of rotatable bonds is 3. The third-order valence-electron chi connectivity index (χ3n) is 3.90. The minimum atomic E-state index is -0.977. The van der Waals surface area contributed by atoms with Crippen molar-refractivity contribution in [2.45, 2.75) is 27.7 Å². The first kappa shape index (κ1) is 28.8. The molecule has 2 amide bonds. The van der Waals surface area contributed by atoms with Gasteiger partial charge < -0.3 is 21.5 Å². The van der Waals surface area contributed by atoms with Crippen LogP contribution in [0.1, 0.15) is 36.8 Å². The number of aromatic carboxylic acids is 1. The van der Waals surface area contributed by atoms with E-state index < -0.39 is 5.97 Å². The van der Waals surface area contributed by atoms with Crippen LogP contribution in [-0.2, 0) is 9.59 Å². The van der Waals surface area contributed by atoms with Crippen LogP contribution in [0.5, 0.6) is 0 Å². The molecule has 3 rings (SSSR count). The molecule has 0 aliphatic heterocycles. The highest BCUT2D eigenvalue weighted by atomic mass is 19.0. The molecule has 33 heavy (non-hydrogen) atoms. The van der Waals surface area contributed by atoms with Gasteiger partial charge in [0.25, 0.3) is 0 Å². The molecular weight excluding hydrogens is 425 g/mol. The van der Waals surface area contributed by atoms with E-state index in [0.29, 0.717) is 5.69 Å². The van der Waals surface area contributed by atoms with Crippen LogP contribution >= 0.6 is 0 Å². The molecule has 0 unspecified atom stereocenters. The van der Waals surface area contributed by atoms with Gasteiger partial charge in [-0.2, -0.15) is 0 Å². The molecule has 0 atom stereocenters. The van der Waals surface area contributed by atoms with Gasteiger partial charge in [-0.05, 0) is 62.4 Å². The zero-order valence-electron chi connectivity index (χ0n) is 19.1. The highest BCUT2D eigenvalue weighted by Crippen LogP contribution is 2.09. The number of nitrogens with one attached hydrogen (secondary N) is 2. The summed E-state index contributed by atoms with van der Waals surface area (Å²) in [7, 11) is 0. The van der Waals surface area contributed by atoms with E-state index in [4.69, 9.17) is 10.8 Å². The van der Waals surface area contributed by atoms with E-state index in [9.17, 15) is 14.4 Å². The smallest absolute Gasteiger partial charge is 0.335 e. The molecule has 0 saturated carbocycles. The number of aryl methyl sites for hydroxylation is 2. The first-order chi connectivity index (χ1) is 15.1. The lowest BCUT2D eigenvalue weighted by molar-refractivity contribution is -0.115. The fourth-order valence-electron chi connectivity index (χ4n) is 2.31. The summed E-state index contributed by atoms with van der Waals surface area (Å²) in [4.78, 5) is 31.6. The summed E-state index contributed by atoms with van der Waals surface area (Å²) in [6, 6.07) is 21.5. The Kier molecular flexibility index (Phi) is 12.9. The van der Waals surface area contributed by atoms with Crippen LogP contribution in [0.2, 0.25) is 0 Å². The summed E-state index contributed by atoms with van der Waals surface area (Å²) in [5.41, 5.74) is 10.3. The van der Waals surface area contributed by atoms with Crippen LogP contribution < -0.4 is 16.4 Å². The van der Waals surface area contributed by atoms with Crippen molar-refractivity contribution in [2.75, 3.05) is 16.4 Å². The van der Waals surface area contributed by atoms with Gasteiger partial charge in [0.2, 0.25) is 11.8 Å². The highest BCUT2D eigenvalue weighted by molar-refractivity contribution is 5.91. The SMILES string of the molecule is CC(=O)Nc1ccc(C(=O)O)cc1.CC(=O)Nc1ccc(C)cc1.Cc1ccc(N)cc1.F.[2HH].